The molecule has 7 heteroatoms. The van der Waals surface area contributed by atoms with Gasteiger partial charge in [-0.2, -0.15) is 5.10 Å². The molecular formula is C16H21N3O4. The maximum atomic E-state index is 12.0. The zero-order valence-corrected chi connectivity index (χ0v) is 13.3. The molecule has 124 valence electrons. The van der Waals surface area contributed by atoms with Gasteiger partial charge >= 0.3 is 11.8 Å². The first-order valence-corrected chi connectivity index (χ1v) is 7.53. The predicted octanol–water partition coefficient (Wildman–Crippen LogP) is 2.08. The molecule has 1 saturated carbocycles. The van der Waals surface area contributed by atoms with Crippen LogP contribution >= 0.6 is 0 Å². The summed E-state index contributed by atoms with van der Waals surface area (Å²) in [6.07, 6.45) is 5.06. The van der Waals surface area contributed by atoms with Crippen molar-refractivity contribution in [2.45, 2.75) is 32.1 Å². The fraction of sp³-hybridized carbons (Fsp3) is 0.438. The Labute approximate surface area is 135 Å². The van der Waals surface area contributed by atoms with Gasteiger partial charge in [-0.1, -0.05) is 6.42 Å². The first-order chi connectivity index (χ1) is 11.1. The van der Waals surface area contributed by atoms with E-state index in [-0.39, 0.29) is 0 Å². The molecule has 23 heavy (non-hydrogen) atoms. The Hall–Kier alpha value is -2.57. The van der Waals surface area contributed by atoms with Gasteiger partial charge in [0.1, 0.15) is 11.5 Å². The van der Waals surface area contributed by atoms with Crippen LogP contribution < -0.4 is 20.2 Å². The van der Waals surface area contributed by atoms with E-state index in [0.29, 0.717) is 17.2 Å². The standard InChI is InChI=1S/C16H21N3O4/c1-22-12-8-9-14(23-2)13(10-12)17-15(20)16(21)19-18-11-6-4-3-5-7-11/h8-10H,3-7H2,1-2H3,(H,17,20)(H,19,21). The second-order valence-electron chi connectivity index (χ2n) is 5.20. The van der Waals surface area contributed by atoms with E-state index >= 15 is 0 Å². The maximum Gasteiger partial charge on any atom is 0.329 e. The number of methoxy groups -OCH3 is 2. The molecule has 0 heterocycles. The van der Waals surface area contributed by atoms with Crippen LogP contribution in [0.15, 0.2) is 23.3 Å². The van der Waals surface area contributed by atoms with Crippen molar-refractivity contribution in [2.24, 2.45) is 5.10 Å². The number of rotatable bonds is 4. The van der Waals surface area contributed by atoms with Gasteiger partial charge in [0.25, 0.3) is 0 Å². The molecule has 2 rings (SSSR count). The predicted molar refractivity (Wildman–Crippen MR) is 86.8 cm³/mol. The fourth-order valence-corrected chi connectivity index (χ4v) is 2.34. The number of anilines is 1. The minimum atomic E-state index is -0.812. The summed E-state index contributed by atoms with van der Waals surface area (Å²) in [7, 11) is 2.99. The van der Waals surface area contributed by atoms with Crippen LogP contribution in [-0.2, 0) is 9.59 Å². The van der Waals surface area contributed by atoms with Crippen molar-refractivity contribution in [2.75, 3.05) is 19.5 Å². The number of hydrazone groups is 1. The summed E-state index contributed by atoms with van der Waals surface area (Å²) in [6.45, 7) is 0. The van der Waals surface area contributed by atoms with E-state index in [2.05, 4.69) is 15.8 Å². The van der Waals surface area contributed by atoms with Crippen LogP contribution in [0.5, 0.6) is 11.5 Å². The van der Waals surface area contributed by atoms with Gasteiger partial charge in [-0.25, -0.2) is 5.43 Å². The van der Waals surface area contributed by atoms with Crippen molar-refractivity contribution in [1.29, 1.82) is 0 Å². The maximum absolute atomic E-state index is 12.0. The summed E-state index contributed by atoms with van der Waals surface area (Å²) in [5.74, 6) is -0.640. The molecule has 0 saturated heterocycles. The molecule has 1 aromatic carbocycles. The SMILES string of the molecule is COc1ccc(OC)c(NC(=O)C(=O)NN=C2CCCCC2)c1. The third-order valence-electron chi connectivity index (χ3n) is 3.61. The van der Waals surface area contributed by atoms with Crippen LogP contribution in [-0.4, -0.2) is 31.7 Å². The summed E-state index contributed by atoms with van der Waals surface area (Å²) in [5.41, 5.74) is 3.59. The quantitative estimate of drug-likeness (QED) is 0.657. The average Bonchev–Trinajstić information content (AvgIpc) is 2.60. The van der Waals surface area contributed by atoms with Crippen LogP contribution in [0.4, 0.5) is 5.69 Å². The van der Waals surface area contributed by atoms with Crippen molar-refractivity contribution in [1.82, 2.24) is 5.43 Å². The van der Waals surface area contributed by atoms with Crippen LogP contribution in [0.2, 0.25) is 0 Å². The third kappa shape index (κ3) is 4.70. The minimum absolute atomic E-state index is 0.359. The van der Waals surface area contributed by atoms with Crippen LogP contribution in [0, 0.1) is 0 Å². The van der Waals surface area contributed by atoms with Crippen molar-refractivity contribution < 1.29 is 19.1 Å². The van der Waals surface area contributed by atoms with Gasteiger partial charge in [0, 0.05) is 11.8 Å². The topological polar surface area (TPSA) is 89.0 Å². The van der Waals surface area contributed by atoms with Gasteiger partial charge in [-0.15, -0.1) is 0 Å². The lowest BCUT2D eigenvalue weighted by atomic mass is 9.99. The summed E-state index contributed by atoms with van der Waals surface area (Å²) in [6, 6.07) is 4.93. The number of amides is 2. The summed E-state index contributed by atoms with van der Waals surface area (Å²) >= 11 is 0. The van der Waals surface area contributed by atoms with Gasteiger partial charge in [0.15, 0.2) is 0 Å². The monoisotopic (exact) mass is 319 g/mol. The van der Waals surface area contributed by atoms with Gasteiger partial charge < -0.3 is 14.8 Å². The lowest BCUT2D eigenvalue weighted by Crippen LogP contribution is -2.33. The van der Waals surface area contributed by atoms with Gasteiger partial charge in [0.05, 0.1) is 19.9 Å². The number of nitrogens with zero attached hydrogens (tertiary/aromatic N) is 1. The second kappa shape index (κ2) is 8.17. The fourth-order valence-electron chi connectivity index (χ4n) is 2.34. The Morgan fingerprint density at radius 2 is 1.78 bits per heavy atom. The molecule has 0 aromatic heterocycles. The number of hydrogen-bond acceptors (Lipinski definition) is 5. The normalized spacial score (nSPS) is 13.9. The van der Waals surface area contributed by atoms with Gasteiger partial charge in [-0.3, -0.25) is 9.59 Å². The summed E-state index contributed by atoms with van der Waals surface area (Å²) in [4.78, 5) is 23.8. The number of hydrogen-bond donors (Lipinski definition) is 2. The van der Waals surface area contributed by atoms with E-state index in [0.717, 1.165) is 31.4 Å². The van der Waals surface area contributed by atoms with E-state index in [4.69, 9.17) is 9.47 Å². The smallest absolute Gasteiger partial charge is 0.329 e. The first-order valence-electron chi connectivity index (χ1n) is 7.53. The molecule has 1 aromatic rings. The van der Waals surface area contributed by atoms with E-state index < -0.39 is 11.8 Å². The molecule has 1 aliphatic rings. The first kappa shape index (κ1) is 16.8. The Kier molecular flexibility index (Phi) is 5.96. The van der Waals surface area contributed by atoms with Gasteiger partial charge in [-0.05, 0) is 37.8 Å². The Morgan fingerprint density at radius 1 is 1.04 bits per heavy atom. The molecule has 2 amide bonds. The summed E-state index contributed by atoms with van der Waals surface area (Å²) < 4.78 is 10.2. The number of carbonyl (C=O) groups is 2. The lowest BCUT2D eigenvalue weighted by Gasteiger charge is -2.13. The van der Waals surface area contributed by atoms with Crippen molar-refractivity contribution in [3.05, 3.63) is 18.2 Å². The zero-order chi connectivity index (χ0) is 16.7. The van der Waals surface area contributed by atoms with Crippen molar-refractivity contribution >= 4 is 23.2 Å². The Morgan fingerprint density at radius 3 is 2.43 bits per heavy atom. The Bertz CT molecular complexity index is 605. The van der Waals surface area contributed by atoms with Crippen LogP contribution in [0.3, 0.4) is 0 Å². The van der Waals surface area contributed by atoms with E-state index in [1.165, 1.54) is 20.6 Å². The number of nitrogens with one attached hydrogen (secondary N) is 2. The molecule has 0 radical (unpaired) electrons. The van der Waals surface area contributed by atoms with Gasteiger partial charge in [0.2, 0.25) is 0 Å². The number of benzene rings is 1. The van der Waals surface area contributed by atoms with E-state index in [1.54, 1.807) is 18.2 Å². The minimum Gasteiger partial charge on any atom is -0.497 e. The largest absolute Gasteiger partial charge is 0.497 e. The number of carbonyl (C=O) groups excluding carboxylic acids is 2. The molecule has 0 bridgehead atoms. The van der Waals surface area contributed by atoms with Crippen LogP contribution in [0.1, 0.15) is 32.1 Å². The highest BCUT2D eigenvalue weighted by Crippen LogP contribution is 2.28. The number of ether oxygens (including phenoxy) is 2. The van der Waals surface area contributed by atoms with Crippen molar-refractivity contribution in [3.8, 4) is 11.5 Å². The highest BCUT2D eigenvalue weighted by molar-refractivity contribution is 6.39. The molecule has 7 nitrogen and oxygen atoms in total. The second-order valence-corrected chi connectivity index (χ2v) is 5.20. The molecule has 0 unspecified atom stereocenters. The third-order valence-corrected chi connectivity index (χ3v) is 3.61. The van der Waals surface area contributed by atoms with Crippen LogP contribution in [0.25, 0.3) is 0 Å². The van der Waals surface area contributed by atoms with E-state index in [1.807, 2.05) is 0 Å². The van der Waals surface area contributed by atoms with Crippen molar-refractivity contribution in [3.63, 3.8) is 0 Å². The summed E-state index contributed by atoms with van der Waals surface area (Å²) in [5, 5.41) is 6.52. The molecule has 1 fully saturated rings. The molecule has 2 N–H and O–H groups in total. The highest BCUT2D eigenvalue weighted by atomic mass is 16.5. The zero-order valence-electron chi connectivity index (χ0n) is 13.3. The molecule has 0 aliphatic heterocycles. The lowest BCUT2D eigenvalue weighted by molar-refractivity contribution is -0.136. The van der Waals surface area contributed by atoms with E-state index in [9.17, 15) is 9.59 Å². The molecule has 1 aliphatic carbocycles. The highest BCUT2D eigenvalue weighted by Gasteiger charge is 2.17. The molecular weight excluding hydrogens is 298 g/mol. The molecule has 0 atom stereocenters. The Balaban J connectivity index is 1.99. The average molecular weight is 319 g/mol. The molecule has 0 spiro atoms.